The Labute approximate surface area is 92.1 Å². The molecule has 0 saturated heterocycles. The van der Waals surface area contributed by atoms with Crippen molar-refractivity contribution in [2.75, 3.05) is 0 Å². The molecule has 1 aromatic rings. The second kappa shape index (κ2) is 5.58. The molecule has 0 aliphatic rings. The van der Waals surface area contributed by atoms with Crippen LogP contribution in [0, 0.1) is 25.7 Å². The number of aryl methyl sites for hydroxylation is 1. The van der Waals surface area contributed by atoms with Crippen molar-refractivity contribution in [3.8, 4) is 11.8 Å². The third-order valence-electron chi connectivity index (χ3n) is 2.73. The van der Waals surface area contributed by atoms with Gasteiger partial charge in [0.05, 0.1) is 6.10 Å². The number of hydrogen-bond donors (Lipinski definition) is 1. The highest BCUT2D eigenvalue weighted by Crippen LogP contribution is 2.23. The zero-order chi connectivity index (χ0) is 11.3. The van der Waals surface area contributed by atoms with Gasteiger partial charge >= 0.3 is 0 Å². The topological polar surface area (TPSA) is 20.2 Å². The fourth-order valence-corrected chi connectivity index (χ4v) is 1.62. The van der Waals surface area contributed by atoms with Crippen LogP contribution < -0.4 is 0 Å². The Morgan fingerprint density at radius 2 is 2.07 bits per heavy atom. The summed E-state index contributed by atoms with van der Waals surface area (Å²) < 4.78 is 0. The number of rotatable bonds is 3. The first-order valence-electron chi connectivity index (χ1n) is 5.30. The monoisotopic (exact) mass is 202 g/mol. The van der Waals surface area contributed by atoms with Crippen LogP contribution >= 0.6 is 0 Å². The van der Waals surface area contributed by atoms with Crippen molar-refractivity contribution in [1.29, 1.82) is 0 Å². The lowest BCUT2D eigenvalue weighted by molar-refractivity contribution is 0.168. The standard InChI is InChI=1S/C14H18O/c1-4-5-6-10-14(15)13-9-7-8-11(2)12(13)3/h7-9,14-15H,6,10H2,1-3H3. The molecule has 0 aliphatic heterocycles. The van der Waals surface area contributed by atoms with Gasteiger partial charge in [0.1, 0.15) is 0 Å². The summed E-state index contributed by atoms with van der Waals surface area (Å²) in [4.78, 5) is 0. The maximum atomic E-state index is 9.98. The molecular weight excluding hydrogens is 184 g/mol. The van der Waals surface area contributed by atoms with Gasteiger partial charge in [-0.2, -0.15) is 0 Å². The number of hydrogen-bond acceptors (Lipinski definition) is 1. The molecule has 0 radical (unpaired) electrons. The van der Waals surface area contributed by atoms with E-state index in [1.54, 1.807) is 0 Å². The van der Waals surface area contributed by atoms with E-state index in [1.165, 1.54) is 11.1 Å². The summed E-state index contributed by atoms with van der Waals surface area (Å²) in [7, 11) is 0. The van der Waals surface area contributed by atoms with E-state index in [9.17, 15) is 5.11 Å². The van der Waals surface area contributed by atoms with Crippen molar-refractivity contribution < 1.29 is 5.11 Å². The van der Waals surface area contributed by atoms with Crippen molar-refractivity contribution in [3.05, 3.63) is 34.9 Å². The van der Waals surface area contributed by atoms with Gasteiger partial charge in [0, 0.05) is 6.42 Å². The predicted molar refractivity (Wildman–Crippen MR) is 63.6 cm³/mol. The van der Waals surface area contributed by atoms with Crippen LogP contribution in [-0.2, 0) is 0 Å². The largest absolute Gasteiger partial charge is 0.388 e. The molecule has 0 bridgehead atoms. The molecule has 1 heteroatoms. The minimum absolute atomic E-state index is 0.384. The SMILES string of the molecule is CC#CCCC(O)c1cccc(C)c1C. The Balaban J connectivity index is 2.76. The Morgan fingerprint density at radius 1 is 1.33 bits per heavy atom. The van der Waals surface area contributed by atoms with E-state index in [-0.39, 0.29) is 6.10 Å². The van der Waals surface area contributed by atoms with Crippen molar-refractivity contribution >= 4 is 0 Å². The maximum Gasteiger partial charge on any atom is 0.0801 e. The molecule has 1 nitrogen and oxygen atoms in total. The molecule has 80 valence electrons. The summed E-state index contributed by atoms with van der Waals surface area (Å²) >= 11 is 0. The average molecular weight is 202 g/mol. The van der Waals surface area contributed by atoms with E-state index < -0.39 is 0 Å². The number of aliphatic hydroxyl groups excluding tert-OH is 1. The second-order valence-electron chi connectivity index (χ2n) is 3.77. The molecule has 1 unspecified atom stereocenters. The zero-order valence-electron chi connectivity index (χ0n) is 9.67. The van der Waals surface area contributed by atoms with Crippen LogP contribution in [0.1, 0.15) is 42.6 Å². The van der Waals surface area contributed by atoms with Crippen LogP contribution in [0.25, 0.3) is 0 Å². The second-order valence-corrected chi connectivity index (χ2v) is 3.77. The fourth-order valence-electron chi connectivity index (χ4n) is 1.62. The summed E-state index contributed by atoms with van der Waals surface area (Å²) in [6.07, 6.45) is 1.08. The Bertz CT molecular complexity index is 382. The molecular formula is C14H18O. The average Bonchev–Trinajstić information content (AvgIpc) is 2.22. The first-order chi connectivity index (χ1) is 7.16. The minimum Gasteiger partial charge on any atom is -0.388 e. The molecule has 1 rings (SSSR count). The quantitative estimate of drug-likeness (QED) is 0.746. The molecule has 0 aliphatic carbocycles. The molecule has 15 heavy (non-hydrogen) atoms. The highest BCUT2D eigenvalue weighted by Gasteiger charge is 2.10. The van der Waals surface area contributed by atoms with Crippen molar-refractivity contribution in [2.45, 2.75) is 39.7 Å². The molecule has 0 aromatic heterocycles. The third-order valence-corrected chi connectivity index (χ3v) is 2.73. The number of aliphatic hydroxyl groups is 1. The molecule has 0 amide bonds. The van der Waals surface area contributed by atoms with Gasteiger partial charge in [-0.25, -0.2) is 0 Å². The molecule has 0 spiro atoms. The lowest BCUT2D eigenvalue weighted by Gasteiger charge is -2.13. The summed E-state index contributed by atoms with van der Waals surface area (Å²) in [5.74, 6) is 5.81. The van der Waals surface area contributed by atoms with Gasteiger partial charge in [0.25, 0.3) is 0 Å². The molecule has 1 atom stereocenters. The molecule has 0 heterocycles. The maximum absolute atomic E-state index is 9.98. The fraction of sp³-hybridized carbons (Fsp3) is 0.429. The molecule has 0 saturated carbocycles. The van der Waals surface area contributed by atoms with Gasteiger partial charge < -0.3 is 5.11 Å². The van der Waals surface area contributed by atoms with E-state index in [2.05, 4.69) is 31.8 Å². The van der Waals surface area contributed by atoms with Gasteiger partial charge in [-0.05, 0) is 43.9 Å². The normalized spacial score (nSPS) is 11.7. The summed E-state index contributed by atoms with van der Waals surface area (Å²) in [6, 6.07) is 6.05. The number of benzene rings is 1. The van der Waals surface area contributed by atoms with Gasteiger partial charge in [0.2, 0.25) is 0 Å². The summed E-state index contributed by atoms with van der Waals surface area (Å²) in [6.45, 7) is 5.95. The van der Waals surface area contributed by atoms with Gasteiger partial charge in [-0.15, -0.1) is 11.8 Å². The molecule has 1 aromatic carbocycles. The van der Waals surface area contributed by atoms with E-state index in [0.29, 0.717) is 6.42 Å². The van der Waals surface area contributed by atoms with E-state index in [0.717, 1.165) is 12.0 Å². The smallest absolute Gasteiger partial charge is 0.0801 e. The van der Waals surface area contributed by atoms with Gasteiger partial charge in [-0.1, -0.05) is 18.2 Å². The van der Waals surface area contributed by atoms with Crippen molar-refractivity contribution in [2.24, 2.45) is 0 Å². The lowest BCUT2D eigenvalue weighted by Crippen LogP contribution is -2.00. The predicted octanol–water partition coefficient (Wildman–Crippen LogP) is 3.14. The summed E-state index contributed by atoms with van der Waals surface area (Å²) in [5, 5.41) is 9.98. The van der Waals surface area contributed by atoms with Crippen LogP contribution in [0.3, 0.4) is 0 Å². The lowest BCUT2D eigenvalue weighted by atomic mass is 9.97. The Morgan fingerprint density at radius 3 is 2.73 bits per heavy atom. The zero-order valence-corrected chi connectivity index (χ0v) is 9.67. The van der Waals surface area contributed by atoms with Crippen molar-refractivity contribution in [1.82, 2.24) is 0 Å². The van der Waals surface area contributed by atoms with Crippen LogP contribution in [0.5, 0.6) is 0 Å². The molecule has 1 N–H and O–H groups in total. The van der Waals surface area contributed by atoms with Crippen LogP contribution in [0.15, 0.2) is 18.2 Å². The Hall–Kier alpha value is -1.26. The first-order valence-corrected chi connectivity index (χ1v) is 5.30. The van der Waals surface area contributed by atoms with E-state index in [4.69, 9.17) is 0 Å². The van der Waals surface area contributed by atoms with Crippen LogP contribution in [0.4, 0.5) is 0 Å². The van der Waals surface area contributed by atoms with E-state index >= 15 is 0 Å². The highest BCUT2D eigenvalue weighted by atomic mass is 16.3. The van der Waals surface area contributed by atoms with Crippen LogP contribution in [-0.4, -0.2) is 5.11 Å². The summed E-state index contributed by atoms with van der Waals surface area (Å²) in [5.41, 5.74) is 3.45. The van der Waals surface area contributed by atoms with E-state index in [1.807, 2.05) is 19.1 Å². The first kappa shape index (κ1) is 11.8. The van der Waals surface area contributed by atoms with Gasteiger partial charge in [-0.3, -0.25) is 0 Å². The minimum atomic E-state index is -0.384. The Kier molecular flexibility index (Phi) is 4.39. The highest BCUT2D eigenvalue weighted by molar-refractivity contribution is 5.34. The molecule has 0 fully saturated rings. The van der Waals surface area contributed by atoms with Crippen LogP contribution in [0.2, 0.25) is 0 Å². The third kappa shape index (κ3) is 3.11. The van der Waals surface area contributed by atoms with Gasteiger partial charge in [0.15, 0.2) is 0 Å². The van der Waals surface area contributed by atoms with Crippen molar-refractivity contribution in [3.63, 3.8) is 0 Å².